The Kier molecular flexibility index (Phi) is 5.87. The molecule has 4 rings (SSSR count). The average Bonchev–Trinajstić information content (AvgIpc) is 3.02. The quantitative estimate of drug-likeness (QED) is 0.782. The van der Waals surface area contributed by atoms with Gasteiger partial charge in [-0.3, -0.25) is 14.5 Å². The van der Waals surface area contributed by atoms with Gasteiger partial charge in [-0.15, -0.1) is 0 Å². The third kappa shape index (κ3) is 4.33. The van der Waals surface area contributed by atoms with E-state index in [1.165, 1.54) is 20.9 Å². The highest BCUT2D eigenvalue weighted by molar-refractivity contribution is 6.04. The highest BCUT2D eigenvalue weighted by Crippen LogP contribution is 2.18. The van der Waals surface area contributed by atoms with E-state index in [1.807, 2.05) is 30.3 Å². The Hall–Kier alpha value is -2.46. The number of likely N-dealkylation sites (tertiary alicyclic amines) is 2. The summed E-state index contributed by atoms with van der Waals surface area (Å²) in [6, 6.07) is 20.6. The van der Waals surface area contributed by atoms with E-state index in [0.717, 1.165) is 38.8 Å². The molecule has 1 N–H and O–H groups in total. The first kappa shape index (κ1) is 18.9. The van der Waals surface area contributed by atoms with Crippen molar-refractivity contribution in [3.8, 4) is 0 Å². The molecular weight excluding hydrogens is 348 g/mol. The van der Waals surface area contributed by atoms with Gasteiger partial charge < -0.3 is 4.90 Å². The summed E-state index contributed by atoms with van der Waals surface area (Å²) in [5.74, 6) is 0.731. The number of hydrogen-bond donors (Lipinski definition) is 1. The lowest BCUT2D eigenvalue weighted by Crippen LogP contribution is -3.17. The normalized spacial score (nSPS) is 25.3. The second kappa shape index (κ2) is 8.70. The maximum atomic E-state index is 12.9. The number of imide groups is 1. The van der Waals surface area contributed by atoms with Crippen molar-refractivity contribution in [2.75, 3.05) is 19.6 Å². The van der Waals surface area contributed by atoms with E-state index in [-0.39, 0.29) is 17.9 Å². The van der Waals surface area contributed by atoms with Crippen LogP contribution in [0.25, 0.3) is 0 Å². The van der Waals surface area contributed by atoms with Gasteiger partial charge >= 0.3 is 0 Å². The Bertz CT molecular complexity index is 798. The molecule has 2 fully saturated rings. The number of benzene rings is 2. The van der Waals surface area contributed by atoms with Crippen molar-refractivity contribution in [3.05, 3.63) is 71.8 Å². The zero-order chi connectivity index (χ0) is 19.3. The van der Waals surface area contributed by atoms with Crippen molar-refractivity contribution in [2.45, 2.75) is 38.1 Å². The predicted octanol–water partition coefficient (Wildman–Crippen LogP) is 1.89. The van der Waals surface area contributed by atoms with E-state index in [0.29, 0.717) is 18.9 Å². The van der Waals surface area contributed by atoms with Gasteiger partial charge in [-0.25, -0.2) is 0 Å². The van der Waals surface area contributed by atoms with E-state index < -0.39 is 0 Å². The lowest BCUT2D eigenvalue weighted by molar-refractivity contribution is -0.921. The summed E-state index contributed by atoms with van der Waals surface area (Å²) >= 11 is 0. The van der Waals surface area contributed by atoms with Crippen LogP contribution in [0.5, 0.6) is 0 Å². The lowest BCUT2D eigenvalue weighted by Gasteiger charge is -2.32. The molecule has 28 heavy (non-hydrogen) atoms. The minimum absolute atomic E-state index is 0.00448. The highest BCUT2D eigenvalue weighted by Gasteiger charge is 2.45. The summed E-state index contributed by atoms with van der Waals surface area (Å²) in [6.45, 7) is 2.49. The molecule has 2 aromatic rings. The van der Waals surface area contributed by atoms with Gasteiger partial charge in [0.15, 0.2) is 6.04 Å². The molecule has 1 atom stereocenters. The van der Waals surface area contributed by atoms with Crippen molar-refractivity contribution in [1.82, 2.24) is 4.90 Å². The number of carbonyl (C=O) groups excluding carboxylic acids is 2. The van der Waals surface area contributed by atoms with Gasteiger partial charge in [0.05, 0.1) is 19.5 Å². The monoisotopic (exact) mass is 377 g/mol. The Morgan fingerprint density at radius 2 is 1.46 bits per heavy atom. The summed E-state index contributed by atoms with van der Waals surface area (Å²) in [4.78, 5) is 28.2. The van der Waals surface area contributed by atoms with Crippen molar-refractivity contribution in [1.29, 1.82) is 0 Å². The summed E-state index contributed by atoms with van der Waals surface area (Å²) in [6.07, 6.45) is 4.50. The molecule has 0 saturated carbocycles. The van der Waals surface area contributed by atoms with Gasteiger partial charge in [-0.05, 0) is 42.7 Å². The summed E-state index contributed by atoms with van der Waals surface area (Å²) in [7, 11) is 0. The van der Waals surface area contributed by atoms with Gasteiger partial charge in [0.1, 0.15) is 0 Å². The molecule has 0 aliphatic carbocycles. The Balaban J connectivity index is 1.29. The van der Waals surface area contributed by atoms with E-state index in [9.17, 15) is 9.59 Å². The van der Waals surface area contributed by atoms with Crippen LogP contribution in [0.3, 0.4) is 0 Å². The van der Waals surface area contributed by atoms with E-state index in [4.69, 9.17) is 0 Å². The molecule has 2 aromatic carbocycles. The number of carbonyl (C=O) groups is 2. The number of piperidine rings is 1. The molecule has 4 heteroatoms. The van der Waals surface area contributed by atoms with Crippen LogP contribution < -0.4 is 4.90 Å². The minimum Gasteiger partial charge on any atom is -0.324 e. The number of amides is 2. The molecule has 2 aliphatic rings. The van der Waals surface area contributed by atoms with E-state index >= 15 is 0 Å². The number of nitrogens with one attached hydrogen (secondary N) is 1. The summed E-state index contributed by atoms with van der Waals surface area (Å²) in [5, 5.41) is 0. The Morgan fingerprint density at radius 3 is 2.11 bits per heavy atom. The number of nitrogens with zero attached hydrogens (tertiary/aromatic N) is 1. The molecule has 2 heterocycles. The lowest BCUT2D eigenvalue weighted by atomic mass is 9.89. The molecular formula is C24H29N2O2+. The summed E-state index contributed by atoms with van der Waals surface area (Å²) in [5.41, 5.74) is 2.57. The topological polar surface area (TPSA) is 41.8 Å². The SMILES string of the molecule is O=C1C[C@H]([NH+]2CCC(Cc3ccccc3)CC2)C(=O)N1CCc1ccccc1. The molecule has 0 aromatic heterocycles. The average molecular weight is 378 g/mol. The zero-order valence-electron chi connectivity index (χ0n) is 16.3. The second-order valence-corrected chi connectivity index (χ2v) is 8.17. The second-order valence-electron chi connectivity index (χ2n) is 8.17. The zero-order valence-corrected chi connectivity index (χ0v) is 16.3. The maximum Gasteiger partial charge on any atom is 0.288 e. The number of hydrogen-bond acceptors (Lipinski definition) is 2. The van der Waals surface area contributed by atoms with Gasteiger partial charge in [-0.2, -0.15) is 0 Å². The largest absolute Gasteiger partial charge is 0.324 e. The van der Waals surface area contributed by atoms with Crippen molar-refractivity contribution < 1.29 is 14.5 Å². The number of quaternary nitrogens is 1. The predicted molar refractivity (Wildman–Crippen MR) is 109 cm³/mol. The molecule has 2 aliphatic heterocycles. The molecule has 146 valence electrons. The summed E-state index contributed by atoms with van der Waals surface area (Å²) < 4.78 is 0. The smallest absolute Gasteiger partial charge is 0.288 e. The van der Waals surface area contributed by atoms with Crippen molar-refractivity contribution >= 4 is 11.8 Å². The van der Waals surface area contributed by atoms with Crippen LogP contribution in [-0.4, -0.2) is 42.4 Å². The van der Waals surface area contributed by atoms with Crippen molar-refractivity contribution in [2.24, 2.45) is 5.92 Å². The van der Waals surface area contributed by atoms with Crippen LogP contribution in [0.2, 0.25) is 0 Å². The Labute approximate surface area is 167 Å². The molecule has 0 radical (unpaired) electrons. The molecule has 2 saturated heterocycles. The molecule has 0 spiro atoms. The third-order valence-corrected chi connectivity index (χ3v) is 6.32. The van der Waals surface area contributed by atoms with Gasteiger partial charge in [0, 0.05) is 6.54 Å². The minimum atomic E-state index is -0.166. The van der Waals surface area contributed by atoms with Gasteiger partial charge in [0.2, 0.25) is 5.91 Å². The fourth-order valence-corrected chi connectivity index (χ4v) is 4.67. The van der Waals surface area contributed by atoms with Crippen molar-refractivity contribution in [3.63, 3.8) is 0 Å². The third-order valence-electron chi connectivity index (χ3n) is 6.32. The van der Waals surface area contributed by atoms with E-state index in [2.05, 4.69) is 30.3 Å². The standard InChI is InChI=1S/C24H28N2O2/c27-23-18-22(24(28)26(23)16-13-19-7-3-1-4-8-19)25-14-11-21(12-15-25)17-20-9-5-2-6-10-20/h1-10,21-22H,11-18H2/p+1/t22-/m0/s1. The first-order chi connectivity index (χ1) is 13.7. The van der Waals surface area contributed by atoms with Crippen LogP contribution in [0.1, 0.15) is 30.4 Å². The molecule has 0 bridgehead atoms. The molecule has 0 unspecified atom stereocenters. The van der Waals surface area contributed by atoms with Gasteiger partial charge in [-0.1, -0.05) is 60.7 Å². The maximum absolute atomic E-state index is 12.9. The molecule has 4 nitrogen and oxygen atoms in total. The number of rotatable bonds is 6. The first-order valence-corrected chi connectivity index (χ1v) is 10.5. The van der Waals surface area contributed by atoms with Crippen LogP contribution in [-0.2, 0) is 22.4 Å². The Morgan fingerprint density at radius 1 is 0.857 bits per heavy atom. The van der Waals surface area contributed by atoms with Crippen LogP contribution in [0.4, 0.5) is 0 Å². The van der Waals surface area contributed by atoms with Crippen LogP contribution in [0.15, 0.2) is 60.7 Å². The fourth-order valence-electron chi connectivity index (χ4n) is 4.67. The van der Waals surface area contributed by atoms with E-state index in [1.54, 1.807) is 0 Å². The first-order valence-electron chi connectivity index (χ1n) is 10.5. The van der Waals surface area contributed by atoms with Gasteiger partial charge in [0.25, 0.3) is 5.91 Å². The van der Waals surface area contributed by atoms with Crippen LogP contribution >= 0.6 is 0 Å². The van der Waals surface area contributed by atoms with Crippen LogP contribution in [0, 0.1) is 5.92 Å². The molecule has 2 amide bonds. The highest BCUT2D eigenvalue weighted by atomic mass is 16.2. The fraction of sp³-hybridized carbons (Fsp3) is 0.417.